The zero-order chi connectivity index (χ0) is 13.7. The molecule has 0 unspecified atom stereocenters. The predicted molar refractivity (Wildman–Crippen MR) is 72.3 cm³/mol. The van der Waals surface area contributed by atoms with Crippen molar-refractivity contribution in [1.82, 2.24) is 0 Å². The van der Waals surface area contributed by atoms with Crippen LogP contribution < -0.4 is 10.6 Å². The molecule has 0 aromatic heterocycles. The van der Waals surface area contributed by atoms with E-state index in [0.717, 1.165) is 0 Å². The molecule has 0 saturated heterocycles. The van der Waals surface area contributed by atoms with E-state index in [1.807, 2.05) is 13.8 Å². The first-order valence-electron chi connectivity index (χ1n) is 5.91. The van der Waals surface area contributed by atoms with Gasteiger partial charge < -0.3 is 10.6 Å². The molecule has 3 nitrogen and oxygen atoms in total. The van der Waals surface area contributed by atoms with Crippen LogP contribution in [0.1, 0.15) is 20.3 Å². The largest absolute Gasteiger partial charge is 0.329 e. The summed E-state index contributed by atoms with van der Waals surface area (Å²) in [7, 11) is 0. The summed E-state index contributed by atoms with van der Waals surface area (Å²) in [6.45, 7) is 4.68. The third-order valence-electron chi connectivity index (χ3n) is 2.45. The van der Waals surface area contributed by atoms with Gasteiger partial charge in [0, 0.05) is 25.2 Å². The van der Waals surface area contributed by atoms with Crippen molar-refractivity contribution in [1.29, 1.82) is 0 Å². The lowest BCUT2D eigenvalue weighted by Crippen LogP contribution is -2.36. The van der Waals surface area contributed by atoms with Crippen LogP contribution in [-0.4, -0.2) is 19.0 Å². The highest BCUT2D eigenvalue weighted by atomic mass is 35.5. The average molecular weight is 273 g/mol. The molecule has 18 heavy (non-hydrogen) atoms. The molecule has 0 radical (unpaired) electrons. The van der Waals surface area contributed by atoms with E-state index in [2.05, 4.69) is 0 Å². The highest BCUT2D eigenvalue weighted by Crippen LogP contribution is 2.23. The number of carbonyl (C=O) groups excluding carboxylic acids is 1. The van der Waals surface area contributed by atoms with Crippen molar-refractivity contribution in [3.63, 3.8) is 0 Å². The molecule has 0 fully saturated rings. The summed E-state index contributed by atoms with van der Waals surface area (Å²) in [5.74, 6) is -0.267. The second-order valence-corrected chi connectivity index (χ2v) is 4.94. The third kappa shape index (κ3) is 3.96. The average Bonchev–Trinajstić information content (AvgIpc) is 2.29. The summed E-state index contributed by atoms with van der Waals surface area (Å²) in [5, 5.41) is 0.00636. The van der Waals surface area contributed by atoms with E-state index in [4.69, 9.17) is 17.3 Å². The summed E-state index contributed by atoms with van der Waals surface area (Å²) < 4.78 is 13.1. The fourth-order valence-corrected chi connectivity index (χ4v) is 1.81. The molecule has 0 bridgehead atoms. The minimum Gasteiger partial charge on any atom is -0.329 e. The molecular weight excluding hydrogens is 255 g/mol. The Hall–Kier alpha value is -1.13. The molecule has 0 heterocycles. The van der Waals surface area contributed by atoms with E-state index in [1.54, 1.807) is 4.90 Å². The molecule has 1 aromatic carbocycles. The molecule has 0 spiro atoms. The van der Waals surface area contributed by atoms with Crippen LogP contribution in [0.15, 0.2) is 18.2 Å². The number of halogens is 2. The number of benzene rings is 1. The summed E-state index contributed by atoms with van der Waals surface area (Å²) >= 11 is 5.72. The van der Waals surface area contributed by atoms with Gasteiger partial charge in [-0.05, 0) is 24.1 Å². The van der Waals surface area contributed by atoms with Crippen molar-refractivity contribution in [2.24, 2.45) is 11.7 Å². The van der Waals surface area contributed by atoms with Crippen molar-refractivity contribution in [3.8, 4) is 0 Å². The molecule has 0 atom stereocenters. The highest BCUT2D eigenvalue weighted by molar-refractivity contribution is 6.31. The molecule has 2 N–H and O–H groups in total. The van der Waals surface area contributed by atoms with Crippen molar-refractivity contribution in [3.05, 3.63) is 29.0 Å². The highest BCUT2D eigenvalue weighted by Gasteiger charge is 2.17. The van der Waals surface area contributed by atoms with E-state index >= 15 is 0 Å². The van der Waals surface area contributed by atoms with Crippen molar-refractivity contribution in [2.45, 2.75) is 20.3 Å². The summed E-state index contributed by atoms with van der Waals surface area (Å²) in [4.78, 5) is 13.6. The lowest BCUT2D eigenvalue weighted by molar-refractivity contribution is -0.119. The Morgan fingerprint density at radius 3 is 2.67 bits per heavy atom. The zero-order valence-electron chi connectivity index (χ0n) is 10.6. The molecule has 0 aliphatic rings. The Balaban J connectivity index is 2.96. The maximum Gasteiger partial charge on any atom is 0.227 e. The van der Waals surface area contributed by atoms with Gasteiger partial charge in [-0.25, -0.2) is 4.39 Å². The van der Waals surface area contributed by atoms with Crippen LogP contribution in [-0.2, 0) is 4.79 Å². The van der Waals surface area contributed by atoms with Gasteiger partial charge >= 0.3 is 0 Å². The Morgan fingerprint density at radius 1 is 1.50 bits per heavy atom. The Labute approximate surface area is 112 Å². The number of nitrogens with zero attached hydrogens (tertiary/aromatic N) is 1. The molecule has 100 valence electrons. The number of hydrogen-bond acceptors (Lipinski definition) is 2. The summed E-state index contributed by atoms with van der Waals surface area (Å²) in [5.41, 5.74) is 6.08. The second-order valence-electron chi connectivity index (χ2n) is 4.53. The molecular formula is C13H18ClFN2O. The number of anilines is 1. The SMILES string of the molecule is CC(C)CC(=O)N(CCN)c1ccc(F)c(Cl)c1. The zero-order valence-corrected chi connectivity index (χ0v) is 11.4. The number of hydrogen-bond donors (Lipinski definition) is 1. The van der Waals surface area contributed by atoms with Gasteiger partial charge in [-0.3, -0.25) is 4.79 Å². The fourth-order valence-electron chi connectivity index (χ4n) is 1.64. The third-order valence-corrected chi connectivity index (χ3v) is 2.74. The minimum absolute atomic E-state index is 0.00636. The smallest absolute Gasteiger partial charge is 0.227 e. The molecule has 0 aliphatic carbocycles. The van der Waals surface area contributed by atoms with E-state index in [1.165, 1.54) is 18.2 Å². The van der Waals surface area contributed by atoms with Gasteiger partial charge in [0.05, 0.1) is 5.02 Å². The van der Waals surface area contributed by atoms with E-state index in [0.29, 0.717) is 25.2 Å². The maximum atomic E-state index is 13.1. The van der Waals surface area contributed by atoms with Gasteiger partial charge in [0.2, 0.25) is 5.91 Å². The molecule has 1 amide bonds. The lowest BCUT2D eigenvalue weighted by Gasteiger charge is -2.23. The van der Waals surface area contributed by atoms with Gasteiger partial charge in [-0.2, -0.15) is 0 Å². The Morgan fingerprint density at radius 2 is 2.17 bits per heavy atom. The Bertz CT molecular complexity index is 423. The topological polar surface area (TPSA) is 46.3 Å². The molecule has 5 heteroatoms. The predicted octanol–water partition coefficient (Wildman–Crippen LogP) is 2.82. The maximum absolute atomic E-state index is 13.1. The normalized spacial score (nSPS) is 10.8. The fraction of sp³-hybridized carbons (Fsp3) is 0.462. The van der Waals surface area contributed by atoms with Gasteiger partial charge in [-0.1, -0.05) is 25.4 Å². The summed E-state index contributed by atoms with van der Waals surface area (Å²) in [6, 6.07) is 4.24. The van der Waals surface area contributed by atoms with E-state index in [-0.39, 0.29) is 16.8 Å². The van der Waals surface area contributed by atoms with Gasteiger partial charge in [0.1, 0.15) is 5.82 Å². The number of nitrogens with two attached hydrogens (primary N) is 1. The molecule has 0 saturated carbocycles. The van der Waals surface area contributed by atoms with Crippen LogP contribution in [0.3, 0.4) is 0 Å². The Kier molecular flexibility index (Phi) is 5.56. The van der Waals surface area contributed by atoms with Crippen LogP contribution in [0.4, 0.5) is 10.1 Å². The molecule has 1 rings (SSSR count). The lowest BCUT2D eigenvalue weighted by atomic mass is 10.1. The number of amides is 1. The van der Waals surface area contributed by atoms with Crippen molar-refractivity contribution < 1.29 is 9.18 Å². The van der Waals surface area contributed by atoms with E-state index < -0.39 is 5.82 Å². The number of rotatable bonds is 5. The van der Waals surface area contributed by atoms with Crippen LogP contribution in [0.5, 0.6) is 0 Å². The number of carbonyl (C=O) groups is 1. The second kappa shape index (κ2) is 6.71. The first kappa shape index (κ1) is 14.9. The first-order valence-corrected chi connectivity index (χ1v) is 6.29. The van der Waals surface area contributed by atoms with Gasteiger partial charge in [0.15, 0.2) is 0 Å². The monoisotopic (exact) mass is 272 g/mol. The van der Waals surface area contributed by atoms with Crippen LogP contribution in [0.25, 0.3) is 0 Å². The standard InChI is InChI=1S/C13H18ClFN2O/c1-9(2)7-13(18)17(6-5-16)10-3-4-12(15)11(14)8-10/h3-4,8-9H,5-7,16H2,1-2H3. The summed E-state index contributed by atoms with van der Waals surface area (Å²) in [6.07, 6.45) is 0.426. The molecule has 0 aliphatic heterocycles. The van der Waals surface area contributed by atoms with Crippen LogP contribution >= 0.6 is 11.6 Å². The van der Waals surface area contributed by atoms with E-state index in [9.17, 15) is 9.18 Å². The first-order chi connectivity index (χ1) is 8.45. The quantitative estimate of drug-likeness (QED) is 0.896. The van der Waals surface area contributed by atoms with Crippen LogP contribution in [0.2, 0.25) is 5.02 Å². The van der Waals surface area contributed by atoms with Gasteiger partial charge in [-0.15, -0.1) is 0 Å². The minimum atomic E-state index is -0.496. The van der Waals surface area contributed by atoms with Crippen LogP contribution in [0, 0.1) is 11.7 Å². The van der Waals surface area contributed by atoms with Gasteiger partial charge in [0.25, 0.3) is 0 Å². The van der Waals surface area contributed by atoms with Crippen molar-refractivity contribution in [2.75, 3.05) is 18.0 Å². The van der Waals surface area contributed by atoms with Crippen molar-refractivity contribution >= 4 is 23.2 Å². The molecule has 1 aromatic rings.